The molecule has 1 heterocycles. The van der Waals surface area contributed by atoms with Crippen LogP contribution in [0.15, 0.2) is 18.2 Å². The first-order valence-electron chi connectivity index (χ1n) is 4.95. The highest BCUT2D eigenvalue weighted by Gasteiger charge is 2.37. The van der Waals surface area contributed by atoms with Crippen LogP contribution in [0.25, 0.3) is 0 Å². The van der Waals surface area contributed by atoms with Crippen LogP contribution in [-0.4, -0.2) is 16.8 Å². The Morgan fingerprint density at radius 3 is 2.86 bits per heavy atom. The Morgan fingerprint density at radius 2 is 2.14 bits per heavy atom. The molecule has 1 fully saturated rings. The second-order valence-corrected chi connectivity index (χ2v) is 4.08. The molecule has 3 heteroatoms. The van der Waals surface area contributed by atoms with Gasteiger partial charge in [-0.15, -0.1) is 0 Å². The van der Waals surface area contributed by atoms with Crippen molar-refractivity contribution in [2.75, 3.05) is 5.73 Å². The van der Waals surface area contributed by atoms with E-state index in [2.05, 4.69) is 0 Å². The number of nitrogens with two attached hydrogens (primary N) is 1. The summed E-state index contributed by atoms with van der Waals surface area (Å²) in [5.41, 5.74) is 8.35. The van der Waals surface area contributed by atoms with Crippen molar-refractivity contribution in [2.45, 2.75) is 25.4 Å². The molecule has 3 nitrogen and oxygen atoms in total. The van der Waals surface area contributed by atoms with E-state index in [0.29, 0.717) is 6.04 Å². The number of carbonyl (C=O) groups is 1. The second kappa shape index (κ2) is 2.50. The molecule has 0 radical (unpaired) electrons. The summed E-state index contributed by atoms with van der Waals surface area (Å²) in [6, 6.07) is 6.05. The highest BCUT2D eigenvalue weighted by molar-refractivity contribution is 5.99. The van der Waals surface area contributed by atoms with E-state index in [0.717, 1.165) is 36.2 Å². The van der Waals surface area contributed by atoms with Crippen LogP contribution in [0.5, 0.6) is 0 Å². The van der Waals surface area contributed by atoms with Crippen molar-refractivity contribution < 1.29 is 4.79 Å². The van der Waals surface area contributed by atoms with Crippen molar-refractivity contribution in [3.05, 3.63) is 29.3 Å². The van der Waals surface area contributed by atoms with Gasteiger partial charge in [-0.25, -0.2) is 0 Å². The molecule has 2 N–H and O–H groups in total. The van der Waals surface area contributed by atoms with E-state index < -0.39 is 0 Å². The van der Waals surface area contributed by atoms with E-state index in [4.69, 9.17) is 5.73 Å². The highest BCUT2D eigenvalue weighted by atomic mass is 16.2. The molecular formula is C11H12N2O. The molecule has 1 aliphatic carbocycles. The van der Waals surface area contributed by atoms with Crippen molar-refractivity contribution in [1.82, 2.24) is 4.90 Å². The van der Waals surface area contributed by atoms with Crippen molar-refractivity contribution in [1.29, 1.82) is 0 Å². The van der Waals surface area contributed by atoms with Crippen LogP contribution in [0.1, 0.15) is 28.8 Å². The van der Waals surface area contributed by atoms with Crippen LogP contribution in [0.4, 0.5) is 5.69 Å². The largest absolute Gasteiger partial charge is 0.399 e. The molecule has 0 unspecified atom stereocenters. The molecule has 1 aliphatic heterocycles. The minimum atomic E-state index is 0.183. The minimum Gasteiger partial charge on any atom is -0.399 e. The fraction of sp³-hybridized carbons (Fsp3) is 0.364. The van der Waals surface area contributed by atoms with Crippen LogP contribution in [0, 0.1) is 0 Å². The molecule has 1 amide bonds. The van der Waals surface area contributed by atoms with Gasteiger partial charge in [0.1, 0.15) is 0 Å². The van der Waals surface area contributed by atoms with Crippen molar-refractivity contribution in [3.8, 4) is 0 Å². The maximum Gasteiger partial charge on any atom is 0.254 e. The summed E-state index contributed by atoms with van der Waals surface area (Å²) in [6.45, 7) is 0.754. The molecule has 72 valence electrons. The Bertz CT molecular complexity index is 410. The normalized spacial score (nSPS) is 20.0. The third kappa shape index (κ3) is 1.02. The maximum absolute atomic E-state index is 11.9. The fourth-order valence-electron chi connectivity index (χ4n) is 2.04. The van der Waals surface area contributed by atoms with Crippen molar-refractivity contribution in [2.24, 2.45) is 0 Å². The molecule has 0 spiro atoms. The van der Waals surface area contributed by atoms with E-state index in [-0.39, 0.29) is 5.91 Å². The number of benzene rings is 1. The quantitative estimate of drug-likeness (QED) is 0.677. The summed E-state index contributed by atoms with van der Waals surface area (Å²) in [7, 11) is 0. The zero-order chi connectivity index (χ0) is 9.71. The van der Waals surface area contributed by atoms with Crippen molar-refractivity contribution >= 4 is 11.6 Å². The molecule has 1 saturated carbocycles. The minimum absolute atomic E-state index is 0.183. The van der Waals surface area contributed by atoms with E-state index in [1.807, 2.05) is 17.0 Å². The molecule has 0 saturated heterocycles. The lowest BCUT2D eigenvalue weighted by atomic mass is 10.1. The van der Waals surface area contributed by atoms with E-state index in [9.17, 15) is 4.79 Å². The van der Waals surface area contributed by atoms with Gasteiger partial charge in [0.2, 0.25) is 0 Å². The first-order valence-corrected chi connectivity index (χ1v) is 4.95. The molecule has 0 atom stereocenters. The average Bonchev–Trinajstić information content (AvgIpc) is 2.93. The van der Waals surface area contributed by atoms with E-state index in [1.165, 1.54) is 0 Å². The number of hydrogen-bond donors (Lipinski definition) is 1. The van der Waals surface area contributed by atoms with Gasteiger partial charge in [-0.2, -0.15) is 0 Å². The van der Waals surface area contributed by atoms with Crippen LogP contribution >= 0.6 is 0 Å². The van der Waals surface area contributed by atoms with E-state index >= 15 is 0 Å². The van der Waals surface area contributed by atoms with Gasteiger partial charge in [0.15, 0.2) is 0 Å². The number of anilines is 1. The SMILES string of the molecule is Nc1ccc2c(c1)CN(C1CC1)C2=O. The highest BCUT2D eigenvalue weighted by Crippen LogP contribution is 2.34. The Kier molecular flexibility index (Phi) is 1.40. The molecule has 3 rings (SSSR count). The van der Waals surface area contributed by atoms with Gasteiger partial charge in [-0.1, -0.05) is 0 Å². The first-order chi connectivity index (χ1) is 6.75. The summed E-state index contributed by atoms with van der Waals surface area (Å²) >= 11 is 0. The van der Waals surface area contributed by atoms with E-state index in [1.54, 1.807) is 6.07 Å². The Labute approximate surface area is 82.5 Å². The number of carbonyl (C=O) groups excluding carboxylic acids is 1. The monoisotopic (exact) mass is 188 g/mol. The maximum atomic E-state index is 11.9. The summed E-state index contributed by atoms with van der Waals surface area (Å²) in [5.74, 6) is 0.183. The predicted octanol–water partition coefficient (Wildman–Crippen LogP) is 1.39. The number of fused-ring (bicyclic) bond motifs is 1. The lowest BCUT2D eigenvalue weighted by Crippen LogP contribution is -2.25. The fourth-order valence-corrected chi connectivity index (χ4v) is 2.04. The lowest BCUT2D eigenvalue weighted by Gasteiger charge is -2.13. The summed E-state index contributed by atoms with van der Waals surface area (Å²) < 4.78 is 0. The zero-order valence-corrected chi connectivity index (χ0v) is 7.86. The number of nitrogens with zero attached hydrogens (tertiary/aromatic N) is 1. The topological polar surface area (TPSA) is 46.3 Å². The molecule has 0 bridgehead atoms. The van der Waals surface area contributed by atoms with Crippen LogP contribution in [-0.2, 0) is 6.54 Å². The number of amides is 1. The first kappa shape index (κ1) is 7.85. The standard InChI is InChI=1S/C11H12N2O/c12-8-1-4-10-7(5-8)6-13(11(10)14)9-2-3-9/h1,4-5,9H,2-3,6,12H2. The molecule has 1 aromatic rings. The zero-order valence-electron chi connectivity index (χ0n) is 7.86. The Hall–Kier alpha value is -1.51. The van der Waals surface area contributed by atoms with Crippen molar-refractivity contribution in [3.63, 3.8) is 0 Å². The summed E-state index contributed by atoms with van der Waals surface area (Å²) in [5, 5.41) is 0. The average molecular weight is 188 g/mol. The van der Waals surface area contributed by atoms with Gasteiger partial charge in [-0.05, 0) is 36.6 Å². The predicted molar refractivity (Wildman–Crippen MR) is 53.7 cm³/mol. The van der Waals surface area contributed by atoms with Crippen LogP contribution in [0.2, 0.25) is 0 Å². The third-order valence-electron chi connectivity index (χ3n) is 2.95. The number of nitrogen functional groups attached to an aromatic ring is 1. The number of hydrogen-bond acceptors (Lipinski definition) is 2. The number of rotatable bonds is 1. The molecule has 14 heavy (non-hydrogen) atoms. The third-order valence-corrected chi connectivity index (χ3v) is 2.95. The Morgan fingerprint density at radius 1 is 1.36 bits per heavy atom. The molecule has 1 aromatic carbocycles. The molecule has 2 aliphatic rings. The van der Waals surface area contributed by atoms with Crippen LogP contribution in [0.3, 0.4) is 0 Å². The summed E-state index contributed by atoms with van der Waals surface area (Å²) in [6.07, 6.45) is 2.32. The van der Waals surface area contributed by atoms with Gasteiger partial charge < -0.3 is 10.6 Å². The lowest BCUT2D eigenvalue weighted by molar-refractivity contribution is 0.0766. The smallest absolute Gasteiger partial charge is 0.254 e. The van der Waals surface area contributed by atoms with Gasteiger partial charge in [0.25, 0.3) is 5.91 Å². The van der Waals surface area contributed by atoms with Gasteiger partial charge in [0.05, 0.1) is 0 Å². The van der Waals surface area contributed by atoms with Gasteiger partial charge >= 0.3 is 0 Å². The second-order valence-electron chi connectivity index (χ2n) is 4.08. The molecule has 0 aromatic heterocycles. The Balaban J connectivity index is 2.01. The molecular weight excluding hydrogens is 176 g/mol. The van der Waals surface area contributed by atoms with Gasteiger partial charge in [0, 0.05) is 23.8 Å². The van der Waals surface area contributed by atoms with Crippen LogP contribution < -0.4 is 5.73 Å². The summed E-state index contributed by atoms with van der Waals surface area (Å²) in [4.78, 5) is 13.8. The van der Waals surface area contributed by atoms with Gasteiger partial charge in [-0.3, -0.25) is 4.79 Å².